The largest absolute Gasteiger partial charge is 0.388 e. The van der Waals surface area contributed by atoms with E-state index in [0.29, 0.717) is 0 Å². The molecule has 1 aliphatic heterocycles. The molecule has 0 radical (unpaired) electrons. The second-order valence-electron chi connectivity index (χ2n) is 4.11. The summed E-state index contributed by atoms with van der Waals surface area (Å²) in [5.74, 6) is 2.44. The van der Waals surface area contributed by atoms with Crippen molar-refractivity contribution in [3.8, 4) is 0 Å². The van der Waals surface area contributed by atoms with E-state index in [0.717, 1.165) is 25.1 Å². The molecule has 88 valence electrons. The van der Waals surface area contributed by atoms with Gasteiger partial charge in [0, 0.05) is 30.3 Å². The van der Waals surface area contributed by atoms with Crippen molar-refractivity contribution in [2.75, 3.05) is 29.5 Å². The quantitative estimate of drug-likeness (QED) is 0.874. The number of anilines is 1. The van der Waals surface area contributed by atoms with Gasteiger partial charge in [-0.3, -0.25) is 0 Å². The number of rotatable bonds is 3. The van der Waals surface area contributed by atoms with Crippen LogP contribution >= 0.6 is 11.8 Å². The van der Waals surface area contributed by atoms with Crippen LogP contribution in [0.25, 0.3) is 0 Å². The number of thioether (sulfide) groups is 1. The molecule has 2 nitrogen and oxygen atoms in total. The van der Waals surface area contributed by atoms with Crippen molar-refractivity contribution < 1.29 is 5.11 Å². The van der Waals surface area contributed by atoms with E-state index in [1.165, 1.54) is 17.2 Å². The fourth-order valence-electron chi connectivity index (χ4n) is 1.96. The normalized spacial score (nSPS) is 18.5. The Morgan fingerprint density at radius 2 is 1.88 bits per heavy atom. The van der Waals surface area contributed by atoms with Crippen LogP contribution in [0.3, 0.4) is 0 Å². The van der Waals surface area contributed by atoms with Gasteiger partial charge in [0.1, 0.15) is 0 Å². The van der Waals surface area contributed by atoms with Crippen LogP contribution in [-0.2, 0) is 0 Å². The molecule has 0 aliphatic carbocycles. The summed E-state index contributed by atoms with van der Waals surface area (Å²) < 4.78 is 0. The molecule has 16 heavy (non-hydrogen) atoms. The Morgan fingerprint density at radius 3 is 2.44 bits per heavy atom. The third kappa shape index (κ3) is 2.71. The van der Waals surface area contributed by atoms with Crippen LogP contribution in [0.15, 0.2) is 24.3 Å². The minimum atomic E-state index is -0.314. The minimum absolute atomic E-state index is 0.314. The Labute approximate surface area is 102 Å². The molecule has 2 rings (SSSR count). The maximum absolute atomic E-state index is 9.71. The first-order chi connectivity index (χ1) is 7.81. The van der Waals surface area contributed by atoms with Crippen molar-refractivity contribution in [1.29, 1.82) is 0 Å². The van der Waals surface area contributed by atoms with Gasteiger partial charge in [0.15, 0.2) is 0 Å². The summed E-state index contributed by atoms with van der Waals surface area (Å²) in [5, 5.41) is 9.71. The fraction of sp³-hybridized carbons (Fsp3) is 0.538. The van der Waals surface area contributed by atoms with Crippen LogP contribution < -0.4 is 4.90 Å². The maximum Gasteiger partial charge on any atom is 0.0787 e. The molecule has 0 bridgehead atoms. The Kier molecular flexibility index (Phi) is 4.13. The molecule has 0 saturated carbocycles. The summed E-state index contributed by atoms with van der Waals surface area (Å²) in [6, 6.07) is 8.35. The summed E-state index contributed by atoms with van der Waals surface area (Å²) in [5.41, 5.74) is 2.31. The summed E-state index contributed by atoms with van der Waals surface area (Å²) in [7, 11) is 0. The number of hydrogen-bond acceptors (Lipinski definition) is 3. The molecule has 1 atom stereocenters. The highest BCUT2D eigenvalue weighted by atomic mass is 32.2. The van der Waals surface area contributed by atoms with Gasteiger partial charge in [0.05, 0.1) is 6.10 Å². The monoisotopic (exact) mass is 237 g/mol. The molecular weight excluding hydrogens is 218 g/mol. The van der Waals surface area contributed by atoms with Gasteiger partial charge in [-0.05, 0) is 24.1 Å². The van der Waals surface area contributed by atoms with E-state index in [1.807, 2.05) is 30.8 Å². The topological polar surface area (TPSA) is 23.5 Å². The van der Waals surface area contributed by atoms with Crippen molar-refractivity contribution >= 4 is 17.4 Å². The fourth-order valence-corrected chi connectivity index (χ4v) is 2.87. The predicted molar refractivity (Wildman–Crippen MR) is 71.2 cm³/mol. The SMILES string of the molecule is CC[C@H](O)c1ccc(N2CCSCC2)cc1. The molecule has 1 aromatic carbocycles. The van der Waals surface area contributed by atoms with E-state index >= 15 is 0 Å². The smallest absolute Gasteiger partial charge is 0.0787 e. The first-order valence-electron chi connectivity index (χ1n) is 5.92. The third-order valence-electron chi connectivity index (χ3n) is 3.04. The first-order valence-corrected chi connectivity index (χ1v) is 7.07. The van der Waals surface area contributed by atoms with Crippen LogP contribution in [-0.4, -0.2) is 29.7 Å². The lowest BCUT2D eigenvalue weighted by atomic mass is 10.1. The molecule has 0 aromatic heterocycles. The van der Waals surface area contributed by atoms with E-state index < -0.39 is 0 Å². The predicted octanol–water partition coefficient (Wildman–Crippen LogP) is 2.68. The molecular formula is C13H19NOS. The molecule has 1 heterocycles. The van der Waals surface area contributed by atoms with E-state index in [9.17, 15) is 5.11 Å². The van der Waals surface area contributed by atoms with Crippen LogP contribution in [0.5, 0.6) is 0 Å². The molecule has 3 heteroatoms. The minimum Gasteiger partial charge on any atom is -0.388 e. The highest BCUT2D eigenvalue weighted by molar-refractivity contribution is 7.99. The standard InChI is InChI=1S/C13H19NOS/c1-2-13(15)11-3-5-12(6-4-11)14-7-9-16-10-8-14/h3-6,13,15H,2,7-10H2,1H3/t13-/m0/s1. The molecule has 1 N–H and O–H groups in total. The lowest BCUT2D eigenvalue weighted by molar-refractivity contribution is 0.173. The number of benzene rings is 1. The van der Waals surface area contributed by atoms with Crippen LogP contribution in [0.2, 0.25) is 0 Å². The van der Waals surface area contributed by atoms with Gasteiger partial charge in [-0.25, -0.2) is 0 Å². The Hall–Kier alpha value is -0.670. The van der Waals surface area contributed by atoms with Gasteiger partial charge in [0.2, 0.25) is 0 Å². The lowest BCUT2D eigenvalue weighted by Crippen LogP contribution is -2.32. The van der Waals surface area contributed by atoms with E-state index in [1.54, 1.807) is 0 Å². The number of nitrogens with zero attached hydrogens (tertiary/aromatic N) is 1. The third-order valence-corrected chi connectivity index (χ3v) is 3.98. The zero-order valence-corrected chi connectivity index (χ0v) is 10.5. The molecule has 1 aromatic rings. The zero-order valence-electron chi connectivity index (χ0n) is 9.72. The second kappa shape index (κ2) is 5.60. The van der Waals surface area contributed by atoms with Crippen molar-refractivity contribution in [1.82, 2.24) is 0 Å². The molecule has 1 saturated heterocycles. The van der Waals surface area contributed by atoms with Crippen LogP contribution in [0, 0.1) is 0 Å². The van der Waals surface area contributed by atoms with Crippen LogP contribution in [0.4, 0.5) is 5.69 Å². The average molecular weight is 237 g/mol. The molecule has 0 unspecified atom stereocenters. The second-order valence-corrected chi connectivity index (χ2v) is 5.34. The molecule has 0 spiro atoms. The van der Waals surface area contributed by atoms with Gasteiger partial charge >= 0.3 is 0 Å². The number of aliphatic hydroxyl groups excluding tert-OH is 1. The average Bonchev–Trinajstić information content (AvgIpc) is 2.39. The van der Waals surface area contributed by atoms with E-state index in [4.69, 9.17) is 0 Å². The molecule has 1 aliphatic rings. The summed E-state index contributed by atoms with van der Waals surface area (Å²) in [6.07, 6.45) is 0.464. The Bertz CT molecular complexity index is 319. The van der Waals surface area contributed by atoms with Gasteiger partial charge in [0.25, 0.3) is 0 Å². The maximum atomic E-state index is 9.71. The van der Waals surface area contributed by atoms with Gasteiger partial charge in [-0.15, -0.1) is 0 Å². The van der Waals surface area contributed by atoms with Crippen molar-refractivity contribution in [3.63, 3.8) is 0 Å². The van der Waals surface area contributed by atoms with Gasteiger partial charge in [-0.2, -0.15) is 11.8 Å². The van der Waals surface area contributed by atoms with E-state index in [2.05, 4.69) is 17.0 Å². The zero-order chi connectivity index (χ0) is 11.4. The summed E-state index contributed by atoms with van der Waals surface area (Å²) in [4.78, 5) is 2.42. The van der Waals surface area contributed by atoms with Crippen molar-refractivity contribution in [2.45, 2.75) is 19.4 Å². The molecule has 0 amide bonds. The van der Waals surface area contributed by atoms with Gasteiger partial charge in [-0.1, -0.05) is 19.1 Å². The Balaban J connectivity index is 2.06. The van der Waals surface area contributed by atoms with Crippen molar-refractivity contribution in [2.24, 2.45) is 0 Å². The highest BCUT2D eigenvalue weighted by Crippen LogP contribution is 2.23. The van der Waals surface area contributed by atoms with Crippen LogP contribution in [0.1, 0.15) is 25.0 Å². The Morgan fingerprint density at radius 1 is 1.25 bits per heavy atom. The number of aliphatic hydroxyl groups is 1. The lowest BCUT2D eigenvalue weighted by Gasteiger charge is -2.28. The van der Waals surface area contributed by atoms with Crippen molar-refractivity contribution in [3.05, 3.63) is 29.8 Å². The molecule has 1 fully saturated rings. The first kappa shape index (κ1) is 11.8. The van der Waals surface area contributed by atoms with Gasteiger partial charge < -0.3 is 10.0 Å². The van der Waals surface area contributed by atoms with E-state index in [-0.39, 0.29) is 6.10 Å². The number of hydrogen-bond donors (Lipinski definition) is 1. The summed E-state index contributed by atoms with van der Waals surface area (Å²) >= 11 is 2.02. The summed E-state index contributed by atoms with van der Waals surface area (Å²) in [6.45, 7) is 4.28. The highest BCUT2D eigenvalue weighted by Gasteiger charge is 2.11.